The van der Waals surface area contributed by atoms with Crippen LogP contribution in [0.4, 0.5) is 11.4 Å². The molecule has 0 spiro atoms. The lowest BCUT2D eigenvalue weighted by Crippen LogP contribution is -2.39. The number of rotatable bonds is 6. The molecular formula is C23H32N2O3S. The quantitative estimate of drug-likeness (QED) is 0.699. The average molecular weight is 417 g/mol. The lowest BCUT2D eigenvalue weighted by atomic mass is 9.93. The standard InChI is InChI=1S/C23H32N2O3S/c1-5-7-13-23(6-2)16-29(26,27)21-12-11-19(25(3)4)15-20(21)22(28-23)17-9-8-10-18(24)14-17/h8-12,14-15,22H,5-7,13,16,24H2,1-4H3/t22-,23-/m1/s1. The number of ether oxygens (including phenoxy) is 1. The first-order valence-electron chi connectivity index (χ1n) is 10.3. The molecule has 5 nitrogen and oxygen atoms in total. The van der Waals surface area contributed by atoms with Gasteiger partial charge in [-0.1, -0.05) is 38.8 Å². The van der Waals surface area contributed by atoms with Crippen LogP contribution in [0.25, 0.3) is 0 Å². The van der Waals surface area contributed by atoms with E-state index in [1.54, 1.807) is 6.07 Å². The highest BCUT2D eigenvalue weighted by molar-refractivity contribution is 7.91. The Hall–Kier alpha value is -2.05. The van der Waals surface area contributed by atoms with Crippen molar-refractivity contribution in [3.05, 3.63) is 53.6 Å². The van der Waals surface area contributed by atoms with Gasteiger partial charge in [0.15, 0.2) is 9.84 Å². The van der Waals surface area contributed by atoms with Gasteiger partial charge in [-0.2, -0.15) is 0 Å². The molecule has 0 aromatic heterocycles. The first kappa shape index (κ1) is 21.7. The van der Waals surface area contributed by atoms with Crippen molar-refractivity contribution < 1.29 is 13.2 Å². The Kier molecular flexibility index (Phi) is 6.24. The predicted octanol–water partition coefficient (Wildman–Crippen LogP) is 4.57. The van der Waals surface area contributed by atoms with Crippen molar-refractivity contribution in [1.29, 1.82) is 0 Å². The summed E-state index contributed by atoms with van der Waals surface area (Å²) < 4.78 is 33.6. The maximum atomic E-state index is 13.4. The molecule has 29 heavy (non-hydrogen) atoms. The number of nitrogens with zero attached hydrogens (tertiary/aromatic N) is 1. The predicted molar refractivity (Wildman–Crippen MR) is 119 cm³/mol. The zero-order valence-electron chi connectivity index (χ0n) is 17.8. The van der Waals surface area contributed by atoms with Crippen molar-refractivity contribution in [2.75, 3.05) is 30.5 Å². The molecule has 0 saturated carbocycles. The Morgan fingerprint density at radius 3 is 2.55 bits per heavy atom. The van der Waals surface area contributed by atoms with Crippen molar-refractivity contribution in [2.45, 2.75) is 56.1 Å². The number of sulfone groups is 1. The zero-order valence-corrected chi connectivity index (χ0v) is 18.6. The fourth-order valence-electron chi connectivity index (χ4n) is 4.04. The molecule has 1 heterocycles. The average Bonchev–Trinajstić information content (AvgIpc) is 2.78. The topological polar surface area (TPSA) is 72.6 Å². The van der Waals surface area contributed by atoms with Crippen LogP contribution in [0.5, 0.6) is 0 Å². The van der Waals surface area contributed by atoms with Gasteiger partial charge in [-0.05, 0) is 48.7 Å². The number of fused-ring (bicyclic) bond motifs is 1. The van der Waals surface area contributed by atoms with Crippen molar-refractivity contribution >= 4 is 21.2 Å². The summed E-state index contributed by atoms with van der Waals surface area (Å²) in [5.74, 6) is 0.00360. The molecule has 0 bridgehead atoms. The number of nitrogens with two attached hydrogens (primary N) is 1. The summed E-state index contributed by atoms with van der Waals surface area (Å²) in [6.07, 6.45) is 2.78. The van der Waals surface area contributed by atoms with E-state index in [4.69, 9.17) is 10.5 Å². The van der Waals surface area contributed by atoms with E-state index in [1.807, 2.05) is 62.3 Å². The normalized spacial score (nSPS) is 23.2. The minimum Gasteiger partial charge on any atom is -0.399 e. The Morgan fingerprint density at radius 1 is 1.17 bits per heavy atom. The molecule has 158 valence electrons. The maximum absolute atomic E-state index is 13.4. The molecule has 0 fully saturated rings. The van der Waals surface area contributed by atoms with Gasteiger partial charge < -0.3 is 15.4 Å². The van der Waals surface area contributed by atoms with Crippen molar-refractivity contribution in [3.8, 4) is 0 Å². The number of benzene rings is 2. The molecule has 3 rings (SSSR count). The fraction of sp³-hybridized carbons (Fsp3) is 0.478. The van der Waals surface area contributed by atoms with E-state index in [9.17, 15) is 8.42 Å². The van der Waals surface area contributed by atoms with Crippen LogP contribution in [0.15, 0.2) is 47.4 Å². The number of unbranched alkanes of at least 4 members (excludes halogenated alkanes) is 1. The van der Waals surface area contributed by atoms with Crippen LogP contribution in [0.3, 0.4) is 0 Å². The van der Waals surface area contributed by atoms with E-state index in [2.05, 4.69) is 6.92 Å². The molecule has 1 aliphatic rings. The van der Waals surface area contributed by atoms with Gasteiger partial charge in [-0.15, -0.1) is 0 Å². The summed E-state index contributed by atoms with van der Waals surface area (Å²) >= 11 is 0. The van der Waals surface area contributed by atoms with Crippen LogP contribution < -0.4 is 10.6 Å². The highest BCUT2D eigenvalue weighted by Gasteiger charge is 2.43. The van der Waals surface area contributed by atoms with Gasteiger partial charge in [0.1, 0.15) is 6.10 Å². The van der Waals surface area contributed by atoms with Crippen LogP contribution in [-0.4, -0.2) is 33.9 Å². The smallest absolute Gasteiger partial charge is 0.181 e. The summed E-state index contributed by atoms with van der Waals surface area (Å²) in [5, 5.41) is 0. The van der Waals surface area contributed by atoms with Crippen LogP contribution in [-0.2, 0) is 14.6 Å². The molecule has 0 aliphatic carbocycles. The molecule has 2 N–H and O–H groups in total. The Balaban J connectivity index is 2.25. The van der Waals surface area contributed by atoms with Crippen LogP contribution in [0.1, 0.15) is 56.8 Å². The van der Waals surface area contributed by atoms with Gasteiger partial charge in [-0.3, -0.25) is 0 Å². The van der Waals surface area contributed by atoms with Crippen LogP contribution in [0.2, 0.25) is 0 Å². The highest BCUT2D eigenvalue weighted by Crippen LogP contribution is 2.44. The number of hydrogen-bond donors (Lipinski definition) is 1. The fourth-order valence-corrected chi connectivity index (χ4v) is 6.10. The van der Waals surface area contributed by atoms with Crippen molar-refractivity contribution in [1.82, 2.24) is 0 Å². The van der Waals surface area contributed by atoms with E-state index in [-0.39, 0.29) is 5.75 Å². The zero-order chi connectivity index (χ0) is 21.2. The molecule has 2 atom stereocenters. The summed E-state index contributed by atoms with van der Waals surface area (Å²) in [6, 6.07) is 13.1. The first-order valence-corrected chi connectivity index (χ1v) is 11.9. The van der Waals surface area contributed by atoms with E-state index >= 15 is 0 Å². The van der Waals surface area contributed by atoms with Crippen molar-refractivity contribution in [2.24, 2.45) is 0 Å². The minimum absolute atomic E-state index is 0.00360. The third-order valence-electron chi connectivity index (χ3n) is 5.79. The SMILES string of the molecule is CCCC[C@]1(CC)CS(=O)(=O)c2ccc(N(C)C)cc2[C@@H](c2cccc(N)c2)O1. The summed E-state index contributed by atoms with van der Waals surface area (Å²) in [7, 11) is 0.394. The molecule has 0 saturated heterocycles. The number of anilines is 2. The van der Waals surface area contributed by atoms with E-state index in [0.717, 1.165) is 24.1 Å². The van der Waals surface area contributed by atoms with Gasteiger partial charge in [0, 0.05) is 31.0 Å². The third-order valence-corrected chi connectivity index (χ3v) is 7.74. The molecule has 1 aliphatic heterocycles. The minimum atomic E-state index is -3.50. The lowest BCUT2D eigenvalue weighted by Gasteiger charge is -2.34. The Morgan fingerprint density at radius 2 is 1.93 bits per heavy atom. The summed E-state index contributed by atoms with van der Waals surface area (Å²) in [5.41, 5.74) is 8.48. The number of nitrogen functional groups attached to an aromatic ring is 1. The first-order chi connectivity index (χ1) is 13.7. The maximum Gasteiger partial charge on any atom is 0.181 e. The van der Waals surface area contributed by atoms with Gasteiger partial charge in [-0.25, -0.2) is 8.42 Å². The Bertz CT molecular complexity index is 972. The van der Waals surface area contributed by atoms with Crippen LogP contribution in [0, 0.1) is 0 Å². The van der Waals surface area contributed by atoms with E-state index in [1.165, 1.54) is 0 Å². The molecular weight excluding hydrogens is 384 g/mol. The molecule has 6 heteroatoms. The Labute approximate surface area is 174 Å². The van der Waals surface area contributed by atoms with Crippen molar-refractivity contribution in [3.63, 3.8) is 0 Å². The van der Waals surface area contributed by atoms with E-state index in [0.29, 0.717) is 29.0 Å². The lowest BCUT2D eigenvalue weighted by molar-refractivity contribution is -0.0730. The molecule has 2 aromatic carbocycles. The largest absolute Gasteiger partial charge is 0.399 e. The second-order valence-electron chi connectivity index (χ2n) is 8.18. The van der Waals surface area contributed by atoms with Crippen LogP contribution >= 0.6 is 0 Å². The molecule has 0 amide bonds. The van der Waals surface area contributed by atoms with Gasteiger partial charge >= 0.3 is 0 Å². The van der Waals surface area contributed by atoms with Gasteiger partial charge in [0.25, 0.3) is 0 Å². The number of hydrogen-bond acceptors (Lipinski definition) is 5. The molecule has 2 aromatic rings. The summed E-state index contributed by atoms with van der Waals surface area (Å²) in [6.45, 7) is 4.13. The molecule has 0 unspecified atom stereocenters. The highest BCUT2D eigenvalue weighted by atomic mass is 32.2. The van der Waals surface area contributed by atoms with E-state index < -0.39 is 21.5 Å². The monoisotopic (exact) mass is 416 g/mol. The third kappa shape index (κ3) is 4.43. The second kappa shape index (κ2) is 8.36. The summed E-state index contributed by atoms with van der Waals surface area (Å²) in [4.78, 5) is 2.33. The van der Waals surface area contributed by atoms with Gasteiger partial charge in [0.2, 0.25) is 0 Å². The van der Waals surface area contributed by atoms with Gasteiger partial charge in [0.05, 0.1) is 16.2 Å². The second-order valence-corrected chi connectivity index (χ2v) is 10.1. The molecule has 0 radical (unpaired) electrons.